The van der Waals surface area contributed by atoms with Crippen LogP contribution >= 0.6 is 0 Å². The highest BCUT2D eigenvalue weighted by Gasteiger charge is 2.05. The van der Waals surface area contributed by atoms with Crippen molar-refractivity contribution < 1.29 is 0 Å². The highest BCUT2D eigenvalue weighted by molar-refractivity contribution is 5.79. The van der Waals surface area contributed by atoms with Crippen LogP contribution in [0.4, 0.5) is 5.69 Å². The van der Waals surface area contributed by atoms with Crippen LogP contribution in [-0.4, -0.2) is 4.98 Å². The second-order valence-corrected chi connectivity index (χ2v) is 3.13. The van der Waals surface area contributed by atoms with E-state index in [-0.39, 0.29) is 0 Å². The Morgan fingerprint density at radius 2 is 1.80 bits per heavy atom. The van der Waals surface area contributed by atoms with Crippen LogP contribution in [-0.2, 0) is 0 Å². The maximum atomic E-state index is 5.88. The molecule has 0 fully saturated rings. The van der Waals surface area contributed by atoms with Crippen LogP contribution in [0, 0.1) is 12.3 Å². The maximum Gasteiger partial charge on any atom is 0.120 e. The van der Waals surface area contributed by atoms with Crippen molar-refractivity contribution in [3.05, 3.63) is 48.3 Å². The van der Waals surface area contributed by atoms with Crippen LogP contribution in [0.5, 0.6) is 0 Å². The van der Waals surface area contributed by atoms with E-state index in [9.17, 15) is 0 Å². The van der Waals surface area contributed by atoms with E-state index in [1.165, 1.54) is 0 Å². The summed E-state index contributed by atoms with van der Waals surface area (Å²) < 4.78 is 0. The molecule has 0 bridgehead atoms. The van der Waals surface area contributed by atoms with E-state index in [0.29, 0.717) is 11.4 Å². The summed E-state index contributed by atoms with van der Waals surface area (Å²) in [5, 5.41) is 0. The summed E-state index contributed by atoms with van der Waals surface area (Å²) in [7, 11) is 0. The first kappa shape index (κ1) is 9.29. The molecule has 0 saturated heterocycles. The first-order chi connectivity index (χ1) is 7.33. The summed E-state index contributed by atoms with van der Waals surface area (Å²) in [5.74, 6) is 2.55. The molecule has 0 aliphatic rings. The second kappa shape index (κ2) is 3.85. The molecule has 2 aromatic rings. The summed E-state index contributed by atoms with van der Waals surface area (Å²) in [6.07, 6.45) is 7.06. The molecule has 0 amide bonds. The number of terminal acetylenes is 1. The molecule has 0 aliphatic heterocycles. The van der Waals surface area contributed by atoms with Gasteiger partial charge in [0.15, 0.2) is 0 Å². The molecule has 72 valence electrons. The second-order valence-electron chi connectivity index (χ2n) is 3.13. The average Bonchev–Trinajstić information content (AvgIpc) is 2.30. The summed E-state index contributed by atoms with van der Waals surface area (Å²) in [6, 6.07) is 11.4. The van der Waals surface area contributed by atoms with Gasteiger partial charge in [-0.1, -0.05) is 18.2 Å². The first-order valence-electron chi connectivity index (χ1n) is 4.59. The molecule has 1 heterocycles. The van der Waals surface area contributed by atoms with Crippen molar-refractivity contribution in [3.63, 3.8) is 0 Å². The summed E-state index contributed by atoms with van der Waals surface area (Å²) in [6.45, 7) is 0. The number of rotatable bonds is 1. The van der Waals surface area contributed by atoms with Crippen LogP contribution in [0.3, 0.4) is 0 Å². The van der Waals surface area contributed by atoms with Crippen molar-refractivity contribution in [2.24, 2.45) is 0 Å². The molecule has 15 heavy (non-hydrogen) atoms. The zero-order valence-electron chi connectivity index (χ0n) is 8.14. The van der Waals surface area contributed by atoms with Crippen LogP contribution < -0.4 is 5.73 Å². The van der Waals surface area contributed by atoms with Gasteiger partial charge in [0.1, 0.15) is 5.69 Å². The fraction of sp³-hybridized carbons (Fsp3) is 0. The number of nitrogen functional groups attached to an aromatic ring is 1. The molecule has 0 unspecified atom stereocenters. The lowest BCUT2D eigenvalue weighted by Gasteiger charge is -2.06. The van der Waals surface area contributed by atoms with E-state index in [4.69, 9.17) is 12.2 Å². The first-order valence-corrected chi connectivity index (χ1v) is 4.59. The lowest BCUT2D eigenvalue weighted by atomic mass is 10.0. The summed E-state index contributed by atoms with van der Waals surface area (Å²) in [5.41, 5.74) is 9.04. The van der Waals surface area contributed by atoms with E-state index in [2.05, 4.69) is 10.9 Å². The van der Waals surface area contributed by atoms with Crippen LogP contribution in [0.2, 0.25) is 0 Å². The minimum Gasteiger partial charge on any atom is -0.398 e. The van der Waals surface area contributed by atoms with Crippen LogP contribution in [0.15, 0.2) is 42.6 Å². The predicted octanol–water partition coefficient (Wildman–Crippen LogP) is 2.31. The van der Waals surface area contributed by atoms with Crippen molar-refractivity contribution in [1.29, 1.82) is 0 Å². The molecule has 2 nitrogen and oxygen atoms in total. The van der Waals surface area contributed by atoms with E-state index >= 15 is 0 Å². The third-order valence-corrected chi connectivity index (χ3v) is 2.20. The predicted molar refractivity (Wildman–Crippen MR) is 62.0 cm³/mol. The van der Waals surface area contributed by atoms with E-state index in [0.717, 1.165) is 11.1 Å². The minimum atomic E-state index is 0.621. The number of hydrogen-bond acceptors (Lipinski definition) is 2. The van der Waals surface area contributed by atoms with Crippen molar-refractivity contribution in [1.82, 2.24) is 4.98 Å². The van der Waals surface area contributed by atoms with E-state index in [1.807, 2.05) is 36.4 Å². The Kier molecular flexibility index (Phi) is 2.38. The molecule has 0 radical (unpaired) electrons. The Labute approximate surface area is 88.8 Å². The van der Waals surface area contributed by atoms with Gasteiger partial charge in [0, 0.05) is 23.0 Å². The quantitative estimate of drug-likeness (QED) is 0.559. The van der Waals surface area contributed by atoms with Gasteiger partial charge >= 0.3 is 0 Å². The zero-order chi connectivity index (χ0) is 10.7. The standard InChI is InChI=1S/C13H10N2/c1-2-13-11(7-5-9-15-13)10-6-3-4-8-12(10)14/h1,3-9H,14H2. The lowest BCUT2D eigenvalue weighted by Crippen LogP contribution is -1.93. The van der Waals surface area contributed by atoms with Crippen molar-refractivity contribution in [3.8, 4) is 23.5 Å². The van der Waals surface area contributed by atoms with Gasteiger partial charge in [-0.3, -0.25) is 0 Å². The molecule has 0 spiro atoms. The molecule has 0 saturated carbocycles. The van der Waals surface area contributed by atoms with Gasteiger partial charge < -0.3 is 5.73 Å². The summed E-state index contributed by atoms with van der Waals surface area (Å²) >= 11 is 0. The van der Waals surface area contributed by atoms with Gasteiger partial charge in [-0.15, -0.1) is 6.42 Å². The van der Waals surface area contributed by atoms with Crippen LogP contribution in [0.25, 0.3) is 11.1 Å². The van der Waals surface area contributed by atoms with Crippen molar-refractivity contribution in [2.75, 3.05) is 5.73 Å². The molecule has 2 N–H and O–H groups in total. The largest absolute Gasteiger partial charge is 0.398 e. The van der Waals surface area contributed by atoms with Gasteiger partial charge in [0.2, 0.25) is 0 Å². The number of para-hydroxylation sites is 1. The monoisotopic (exact) mass is 194 g/mol. The molecular weight excluding hydrogens is 184 g/mol. The molecular formula is C13H10N2. The number of nitrogens with zero attached hydrogens (tertiary/aromatic N) is 1. The smallest absolute Gasteiger partial charge is 0.120 e. The third-order valence-electron chi connectivity index (χ3n) is 2.20. The molecule has 0 aliphatic carbocycles. The number of pyridine rings is 1. The Balaban J connectivity index is 2.65. The lowest BCUT2D eigenvalue weighted by molar-refractivity contribution is 1.29. The number of benzene rings is 1. The van der Waals surface area contributed by atoms with Gasteiger partial charge in [-0.05, 0) is 24.1 Å². The molecule has 1 aromatic heterocycles. The normalized spacial score (nSPS) is 9.53. The third kappa shape index (κ3) is 1.68. The van der Waals surface area contributed by atoms with Gasteiger partial charge in [0.25, 0.3) is 0 Å². The number of nitrogens with two attached hydrogens (primary N) is 1. The van der Waals surface area contributed by atoms with Crippen molar-refractivity contribution >= 4 is 5.69 Å². The minimum absolute atomic E-state index is 0.621. The maximum absolute atomic E-state index is 5.88. The Bertz CT molecular complexity index is 524. The van der Waals surface area contributed by atoms with Gasteiger partial charge in [-0.25, -0.2) is 4.98 Å². The Morgan fingerprint density at radius 1 is 1.07 bits per heavy atom. The SMILES string of the molecule is C#Cc1ncccc1-c1ccccc1N. The number of aromatic nitrogens is 1. The topological polar surface area (TPSA) is 38.9 Å². The van der Waals surface area contributed by atoms with Crippen LogP contribution in [0.1, 0.15) is 5.69 Å². The Hall–Kier alpha value is -2.27. The van der Waals surface area contributed by atoms with E-state index < -0.39 is 0 Å². The van der Waals surface area contributed by atoms with Gasteiger partial charge in [0.05, 0.1) is 0 Å². The molecule has 1 aromatic carbocycles. The molecule has 2 rings (SSSR count). The Morgan fingerprint density at radius 3 is 2.53 bits per heavy atom. The molecule has 2 heteroatoms. The fourth-order valence-corrected chi connectivity index (χ4v) is 1.48. The van der Waals surface area contributed by atoms with Crippen molar-refractivity contribution in [2.45, 2.75) is 0 Å². The zero-order valence-corrected chi connectivity index (χ0v) is 8.14. The summed E-state index contributed by atoms with van der Waals surface area (Å²) in [4.78, 5) is 4.12. The molecule has 0 atom stereocenters. The number of hydrogen-bond donors (Lipinski definition) is 1. The number of anilines is 1. The van der Waals surface area contributed by atoms with Gasteiger partial charge in [-0.2, -0.15) is 0 Å². The van der Waals surface area contributed by atoms with E-state index in [1.54, 1.807) is 6.20 Å². The highest BCUT2D eigenvalue weighted by atomic mass is 14.7. The fourth-order valence-electron chi connectivity index (χ4n) is 1.48. The average molecular weight is 194 g/mol. The highest BCUT2D eigenvalue weighted by Crippen LogP contribution is 2.26.